The number of carbonyl (C=O) groups is 1. The summed E-state index contributed by atoms with van der Waals surface area (Å²) >= 11 is 0. The summed E-state index contributed by atoms with van der Waals surface area (Å²) in [5.41, 5.74) is 1.22. The molecule has 0 saturated heterocycles. The predicted octanol–water partition coefficient (Wildman–Crippen LogP) is 3.92. The van der Waals surface area contributed by atoms with Crippen LogP contribution in [0.4, 0.5) is 0 Å². The number of carbonyl (C=O) groups excluding carboxylic acids is 1. The summed E-state index contributed by atoms with van der Waals surface area (Å²) in [6.07, 6.45) is -0.484. The van der Waals surface area contributed by atoms with Crippen LogP contribution in [0.2, 0.25) is 0 Å². The van der Waals surface area contributed by atoms with E-state index in [0.29, 0.717) is 16.7 Å². The normalized spacial score (nSPS) is 12.2. The minimum atomic E-state index is -0.643. The van der Waals surface area contributed by atoms with Crippen molar-refractivity contribution in [2.24, 2.45) is 0 Å². The van der Waals surface area contributed by atoms with Gasteiger partial charge in [-0.2, -0.15) is 0 Å². The Hall–Kier alpha value is -3.47. The molecule has 134 valence electrons. The Bertz CT molecular complexity index is 1200. The molecule has 1 aromatic heterocycles. The summed E-state index contributed by atoms with van der Waals surface area (Å²) in [5, 5.41) is 2.72. The number of hydrogen-bond donors (Lipinski definition) is 1. The van der Waals surface area contributed by atoms with Crippen LogP contribution in [0.15, 0.2) is 71.5 Å². The van der Waals surface area contributed by atoms with Crippen molar-refractivity contribution in [1.29, 1.82) is 0 Å². The van der Waals surface area contributed by atoms with Crippen LogP contribution < -0.4 is 5.56 Å². The van der Waals surface area contributed by atoms with Gasteiger partial charge in [-0.05, 0) is 35.4 Å². The lowest BCUT2D eigenvalue weighted by Gasteiger charge is -2.13. The maximum Gasteiger partial charge on any atom is 0.310 e. The summed E-state index contributed by atoms with van der Waals surface area (Å²) in [6.45, 7) is 1.70. The van der Waals surface area contributed by atoms with Crippen molar-refractivity contribution in [3.8, 4) is 0 Å². The van der Waals surface area contributed by atoms with Crippen molar-refractivity contribution in [3.63, 3.8) is 0 Å². The van der Waals surface area contributed by atoms with Crippen LogP contribution in [-0.4, -0.2) is 15.9 Å². The third-order valence-corrected chi connectivity index (χ3v) is 4.49. The lowest BCUT2D eigenvalue weighted by Crippen LogP contribution is -2.18. The van der Waals surface area contributed by atoms with Gasteiger partial charge in [0.05, 0.1) is 17.3 Å². The van der Waals surface area contributed by atoms with Gasteiger partial charge in [-0.25, -0.2) is 4.98 Å². The number of aromatic nitrogens is 2. The van der Waals surface area contributed by atoms with Crippen LogP contribution in [0.1, 0.15) is 24.4 Å². The number of nitrogens with zero attached hydrogens (tertiary/aromatic N) is 1. The highest BCUT2D eigenvalue weighted by molar-refractivity contribution is 5.84. The van der Waals surface area contributed by atoms with E-state index in [2.05, 4.69) is 9.97 Å². The van der Waals surface area contributed by atoms with Gasteiger partial charge in [0.15, 0.2) is 11.9 Å². The molecule has 1 heterocycles. The fourth-order valence-corrected chi connectivity index (χ4v) is 3.11. The molecule has 4 rings (SSSR count). The van der Waals surface area contributed by atoms with E-state index < -0.39 is 6.10 Å². The second-order valence-electron chi connectivity index (χ2n) is 6.46. The van der Waals surface area contributed by atoms with Crippen molar-refractivity contribution in [3.05, 3.63) is 88.5 Å². The number of rotatable bonds is 4. The molecule has 0 spiro atoms. The zero-order valence-electron chi connectivity index (χ0n) is 14.8. The Kier molecular flexibility index (Phi) is 4.42. The molecule has 5 heteroatoms. The average Bonchev–Trinajstić information content (AvgIpc) is 2.67. The molecule has 0 saturated carbocycles. The van der Waals surface area contributed by atoms with Crippen LogP contribution in [-0.2, 0) is 16.0 Å². The first-order chi connectivity index (χ1) is 13.1. The standard InChI is InChI=1S/C22H18N2O3/c1-14(21-23-19-9-5-4-8-18(19)22(26)24-21)27-20(25)13-15-10-11-16-6-2-3-7-17(16)12-15/h2-12,14H,13H2,1H3,(H,23,24,26). The first-order valence-electron chi connectivity index (χ1n) is 8.76. The van der Waals surface area contributed by atoms with E-state index in [4.69, 9.17) is 4.74 Å². The molecule has 0 aliphatic heterocycles. The van der Waals surface area contributed by atoms with Gasteiger partial charge in [-0.1, -0.05) is 54.6 Å². The number of H-pyrrole nitrogens is 1. The summed E-state index contributed by atoms with van der Waals surface area (Å²) < 4.78 is 5.48. The molecule has 4 aromatic rings. The number of esters is 1. The van der Waals surface area contributed by atoms with E-state index in [9.17, 15) is 9.59 Å². The van der Waals surface area contributed by atoms with E-state index in [1.54, 1.807) is 25.1 Å². The molecule has 0 radical (unpaired) electrons. The molecule has 0 bridgehead atoms. The number of para-hydroxylation sites is 1. The van der Waals surface area contributed by atoms with Crippen molar-refractivity contribution in [1.82, 2.24) is 9.97 Å². The molecule has 1 unspecified atom stereocenters. The van der Waals surface area contributed by atoms with E-state index >= 15 is 0 Å². The van der Waals surface area contributed by atoms with E-state index in [-0.39, 0.29) is 17.9 Å². The first-order valence-corrected chi connectivity index (χ1v) is 8.76. The highest BCUT2D eigenvalue weighted by Crippen LogP contribution is 2.18. The molecule has 27 heavy (non-hydrogen) atoms. The minimum Gasteiger partial charge on any atom is -0.454 e. The fraction of sp³-hybridized carbons (Fsp3) is 0.136. The molecule has 0 fully saturated rings. The highest BCUT2D eigenvalue weighted by Gasteiger charge is 2.16. The van der Waals surface area contributed by atoms with Crippen LogP contribution in [0.5, 0.6) is 0 Å². The summed E-state index contributed by atoms with van der Waals surface area (Å²) in [5.74, 6) is -0.0286. The summed E-state index contributed by atoms with van der Waals surface area (Å²) in [6, 6.07) is 21.0. The lowest BCUT2D eigenvalue weighted by atomic mass is 10.1. The van der Waals surface area contributed by atoms with Gasteiger partial charge in [0.25, 0.3) is 5.56 Å². The Morgan fingerprint density at radius 1 is 1.04 bits per heavy atom. The maximum absolute atomic E-state index is 12.3. The Morgan fingerprint density at radius 2 is 1.78 bits per heavy atom. The van der Waals surface area contributed by atoms with Crippen LogP contribution >= 0.6 is 0 Å². The maximum atomic E-state index is 12.3. The number of fused-ring (bicyclic) bond motifs is 2. The molecule has 0 aliphatic carbocycles. The van der Waals surface area contributed by atoms with Gasteiger partial charge in [-0.15, -0.1) is 0 Å². The van der Waals surface area contributed by atoms with Crippen molar-refractivity contribution in [2.75, 3.05) is 0 Å². The third kappa shape index (κ3) is 3.58. The van der Waals surface area contributed by atoms with Crippen molar-refractivity contribution >= 4 is 27.6 Å². The zero-order chi connectivity index (χ0) is 18.8. The topological polar surface area (TPSA) is 72.0 Å². The van der Waals surface area contributed by atoms with Crippen molar-refractivity contribution < 1.29 is 9.53 Å². The van der Waals surface area contributed by atoms with Gasteiger partial charge in [-0.3, -0.25) is 9.59 Å². The third-order valence-electron chi connectivity index (χ3n) is 4.49. The predicted molar refractivity (Wildman–Crippen MR) is 105 cm³/mol. The van der Waals surface area contributed by atoms with Crippen LogP contribution in [0.3, 0.4) is 0 Å². The first kappa shape index (κ1) is 17.0. The number of ether oxygens (including phenoxy) is 1. The van der Waals surface area contributed by atoms with Gasteiger partial charge in [0, 0.05) is 0 Å². The molecular weight excluding hydrogens is 340 g/mol. The van der Waals surface area contributed by atoms with Crippen LogP contribution in [0.25, 0.3) is 21.7 Å². The zero-order valence-corrected chi connectivity index (χ0v) is 14.8. The number of hydrogen-bond acceptors (Lipinski definition) is 4. The van der Waals surface area contributed by atoms with Crippen molar-refractivity contribution in [2.45, 2.75) is 19.4 Å². The Morgan fingerprint density at radius 3 is 2.63 bits per heavy atom. The summed E-state index contributed by atoms with van der Waals surface area (Å²) in [7, 11) is 0. The van der Waals surface area contributed by atoms with E-state index in [1.807, 2.05) is 48.5 Å². The lowest BCUT2D eigenvalue weighted by molar-refractivity contribution is -0.148. The van der Waals surface area contributed by atoms with E-state index in [0.717, 1.165) is 16.3 Å². The molecule has 0 amide bonds. The Labute approximate surface area is 155 Å². The average molecular weight is 358 g/mol. The second-order valence-corrected chi connectivity index (χ2v) is 6.46. The quantitative estimate of drug-likeness (QED) is 0.561. The molecule has 0 aliphatic rings. The highest BCUT2D eigenvalue weighted by atomic mass is 16.5. The van der Waals surface area contributed by atoms with Gasteiger partial charge in [0.1, 0.15) is 0 Å². The van der Waals surface area contributed by atoms with Gasteiger partial charge in [0.2, 0.25) is 0 Å². The van der Waals surface area contributed by atoms with Crippen LogP contribution in [0, 0.1) is 0 Å². The second kappa shape index (κ2) is 7.03. The SMILES string of the molecule is CC(OC(=O)Cc1ccc2ccccc2c1)c1nc2ccccc2c(=O)[nH]1. The molecule has 3 aromatic carbocycles. The molecule has 5 nitrogen and oxygen atoms in total. The minimum absolute atomic E-state index is 0.160. The smallest absolute Gasteiger partial charge is 0.310 e. The van der Waals surface area contributed by atoms with Gasteiger partial charge < -0.3 is 9.72 Å². The number of nitrogens with one attached hydrogen (secondary N) is 1. The number of aromatic amines is 1. The molecular formula is C22H18N2O3. The number of benzene rings is 3. The fourth-order valence-electron chi connectivity index (χ4n) is 3.11. The largest absolute Gasteiger partial charge is 0.454 e. The molecule has 1 atom stereocenters. The van der Waals surface area contributed by atoms with E-state index in [1.165, 1.54) is 0 Å². The Balaban J connectivity index is 1.51. The molecule has 1 N–H and O–H groups in total. The van der Waals surface area contributed by atoms with Gasteiger partial charge >= 0.3 is 5.97 Å². The summed E-state index contributed by atoms with van der Waals surface area (Å²) in [4.78, 5) is 31.6. The monoisotopic (exact) mass is 358 g/mol.